The van der Waals surface area contributed by atoms with E-state index in [0.717, 1.165) is 44.1 Å². The van der Waals surface area contributed by atoms with Gasteiger partial charge in [0, 0.05) is 15.7 Å². The van der Waals surface area contributed by atoms with E-state index in [1.165, 1.54) is 11.3 Å². The summed E-state index contributed by atoms with van der Waals surface area (Å²) in [6.07, 6.45) is 0.767. The highest BCUT2D eigenvalue weighted by atomic mass is 79.9. The van der Waals surface area contributed by atoms with Crippen molar-refractivity contribution in [2.75, 3.05) is 5.32 Å². The van der Waals surface area contributed by atoms with Crippen LogP contribution in [-0.4, -0.2) is 21.0 Å². The van der Waals surface area contributed by atoms with E-state index in [4.69, 9.17) is 21.7 Å². The van der Waals surface area contributed by atoms with E-state index in [-0.39, 0.29) is 6.42 Å². The second-order valence-corrected chi connectivity index (χ2v) is 8.50. The lowest BCUT2D eigenvalue weighted by atomic mass is 10.1. The summed E-state index contributed by atoms with van der Waals surface area (Å²) >= 11 is 11.0. The number of carboxylic acids is 1. The van der Waals surface area contributed by atoms with Crippen LogP contribution in [0.5, 0.6) is 0 Å². The standard InChI is InChI=1S/C19H17BrClN3O2S/c1-3-12-10(2)22-19(15-6-7-16(21)27-15)24-18(12)23-14-5-4-11(8-13(14)20)9-17(25)26/h4-8H,3,9H2,1-2H3,(H,25,26)(H,22,23,24). The van der Waals surface area contributed by atoms with Gasteiger partial charge in [-0.15, -0.1) is 11.3 Å². The van der Waals surface area contributed by atoms with Gasteiger partial charge < -0.3 is 10.4 Å². The molecule has 2 heterocycles. The highest BCUT2D eigenvalue weighted by molar-refractivity contribution is 9.10. The molecule has 0 amide bonds. The molecule has 3 rings (SSSR count). The molecule has 140 valence electrons. The molecule has 0 radical (unpaired) electrons. The van der Waals surface area contributed by atoms with Crippen LogP contribution < -0.4 is 5.32 Å². The highest BCUT2D eigenvalue weighted by Gasteiger charge is 2.14. The Morgan fingerprint density at radius 1 is 1.30 bits per heavy atom. The lowest BCUT2D eigenvalue weighted by Crippen LogP contribution is -2.06. The van der Waals surface area contributed by atoms with E-state index in [9.17, 15) is 4.79 Å². The Bertz CT molecular complexity index is 1010. The molecule has 0 saturated heterocycles. The molecule has 0 fully saturated rings. The van der Waals surface area contributed by atoms with Crippen LogP contribution in [0.25, 0.3) is 10.7 Å². The van der Waals surface area contributed by atoms with Gasteiger partial charge in [-0.1, -0.05) is 24.6 Å². The number of nitrogens with one attached hydrogen (secondary N) is 1. The summed E-state index contributed by atoms with van der Waals surface area (Å²) in [5.74, 6) is 0.500. The predicted molar refractivity (Wildman–Crippen MR) is 113 cm³/mol. The van der Waals surface area contributed by atoms with Gasteiger partial charge in [0.2, 0.25) is 0 Å². The quantitative estimate of drug-likeness (QED) is 0.476. The average Bonchev–Trinajstić information content (AvgIpc) is 3.03. The summed E-state index contributed by atoms with van der Waals surface area (Å²) in [7, 11) is 0. The van der Waals surface area contributed by atoms with E-state index < -0.39 is 5.97 Å². The third-order valence-electron chi connectivity index (χ3n) is 4.00. The molecule has 0 aliphatic carbocycles. The van der Waals surface area contributed by atoms with Gasteiger partial charge in [0.1, 0.15) is 5.82 Å². The van der Waals surface area contributed by atoms with Crippen LogP contribution in [-0.2, 0) is 17.6 Å². The fraction of sp³-hybridized carbons (Fsp3) is 0.211. The number of aliphatic carboxylic acids is 1. The third-order valence-corrected chi connectivity index (χ3v) is 5.89. The summed E-state index contributed by atoms with van der Waals surface area (Å²) in [6, 6.07) is 9.18. The summed E-state index contributed by atoms with van der Waals surface area (Å²) < 4.78 is 1.47. The minimum Gasteiger partial charge on any atom is -0.481 e. The van der Waals surface area contributed by atoms with Crippen molar-refractivity contribution in [3.8, 4) is 10.7 Å². The minimum atomic E-state index is -0.860. The largest absolute Gasteiger partial charge is 0.481 e. The predicted octanol–water partition coefficient (Wildman–Crippen LogP) is 5.86. The number of halogens is 2. The smallest absolute Gasteiger partial charge is 0.307 e. The molecule has 1 aromatic carbocycles. The zero-order chi connectivity index (χ0) is 19.6. The number of hydrogen-bond acceptors (Lipinski definition) is 5. The Morgan fingerprint density at radius 3 is 2.67 bits per heavy atom. The van der Waals surface area contributed by atoms with Crippen LogP contribution in [0, 0.1) is 6.92 Å². The van der Waals surface area contributed by atoms with Gasteiger partial charge in [-0.05, 0) is 59.1 Å². The summed E-state index contributed by atoms with van der Waals surface area (Å²) in [5.41, 5.74) is 3.48. The normalized spacial score (nSPS) is 10.8. The fourth-order valence-electron chi connectivity index (χ4n) is 2.74. The zero-order valence-corrected chi connectivity index (χ0v) is 17.9. The number of nitrogens with zero attached hydrogens (tertiary/aromatic N) is 2. The maximum absolute atomic E-state index is 10.9. The summed E-state index contributed by atoms with van der Waals surface area (Å²) in [6.45, 7) is 4.03. The molecule has 2 aromatic heterocycles. The van der Waals surface area contributed by atoms with Crippen LogP contribution in [0.15, 0.2) is 34.8 Å². The van der Waals surface area contributed by atoms with Crippen molar-refractivity contribution in [1.82, 2.24) is 9.97 Å². The van der Waals surface area contributed by atoms with Crippen molar-refractivity contribution in [3.05, 3.63) is 56.0 Å². The van der Waals surface area contributed by atoms with Crippen molar-refractivity contribution >= 4 is 56.3 Å². The van der Waals surface area contributed by atoms with Gasteiger partial charge in [-0.2, -0.15) is 0 Å². The molecule has 0 bridgehead atoms. The van der Waals surface area contributed by atoms with E-state index in [1.54, 1.807) is 12.1 Å². The summed E-state index contributed by atoms with van der Waals surface area (Å²) in [4.78, 5) is 21.1. The van der Waals surface area contributed by atoms with Gasteiger partial charge in [0.15, 0.2) is 5.82 Å². The highest BCUT2D eigenvalue weighted by Crippen LogP contribution is 2.33. The third kappa shape index (κ3) is 4.66. The van der Waals surface area contributed by atoms with Crippen LogP contribution in [0.4, 0.5) is 11.5 Å². The molecule has 0 spiro atoms. The minimum absolute atomic E-state index is 0.0189. The second-order valence-electron chi connectivity index (χ2n) is 5.93. The molecule has 0 unspecified atom stereocenters. The maximum Gasteiger partial charge on any atom is 0.307 e. The van der Waals surface area contributed by atoms with Gasteiger partial charge >= 0.3 is 5.97 Å². The van der Waals surface area contributed by atoms with Crippen LogP contribution >= 0.6 is 38.9 Å². The molecule has 5 nitrogen and oxygen atoms in total. The van der Waals surface area contributed by atoms with Crippen molar-refractivity contribution in [2.24, 2.45) is 0 Å². The topological polar surface area (TPSA) is 75.1 Å². The Balaban J connectivity index is 1.98. The Labute approximate surface area is 174 Å². The zero-order valence-electron chi connectivity index (χ0n) is 14.7. The Kier molecular flexibility index (Phi) is 6.14. The van der Waals surface area contributed by atoms with E-state index in [1.807, 2.05) is 25.1 Å². The number of carboxylic acid groups (broad SMARTS) is 1. The van der Waals surface area contributed by atoms with Gasteiger partial charge in [-0.25, -0.2) is 9.97 Å². The fourth-order valence-corrected chi connectivity index (χ4v) is 4.24. The molecule has 0 aliphatic heterocycles. The Morgan fingerprint density at radius 2 is 2.07 bits per heavy atom. The second kappa shape index (κ2) is 8.37. The number of rotatable bonds is 6. The van der Waals surface area contributed by atoms with E-state index >= 15 is 0 Å². The lowest BCUT2D eigenvalue weighted by molar-refractivity contribution is -0.136. The first kappa shape index (κ1) is 19.8. The molecule has 8 heteroatoms. The molecule has 0 atom stereocenters. The molecule has 2 N–H and O–H groups in total. The number of aromatic nitrogens is 2. The first-order valence-corrected chi connectivity index (χ1v) is 10.3. The van der Waals surface area contributed by atoms with Crippen molar-refractivity contribution in [1.29, 1.82) is 0 Å². The van der Waals surface area contributed by atoms with Gasteiger partial charge in [-0.3, -0.25) is 4.79 Å². The number of thiophene rings is 1. The average molecular weight is 467 g/mol. The Hall–Kier alpha value is -1.96. The number of carbonyl (C=O) groups is 1. The van der Waals surface area contributed by atoms with Crippen LogP contribution in [0.2, 0.25) is 4.34 Å². The maximum atomic E-state index is 10.9. The number of benzene rings is 1. The lowest BCUT2D eigenvalue weighted by Gasteiger charge is -2.15. The number of hydrogen-bond donors (Lipinski definition) is 2. The van der Waals surface area contributed by atoms with Gasteiger partial charge in [0.25, 0.3) is 0 Å². The first-order chi connectivity index (χ1) is 12.9. The van der Waals surface area contributed by atoms with Crippen molar-refractivity contribution in [2.45, 2.75) is 26.7 Å². The molecule has 27 heavy (non-hydrogen) atoms. The van der Waals surface area contributed by atoms with Crippen molar-refractivity contribution in [3.63, 3.8) is 0 Å². The molecular formula is C19H17BrClN3O2S. The monoisotopic (exact) mass is 465 g/mol. The molecule has 0 aliphatic rings. The number of aryl methyl sites for hydroxylation is 1. The van der Waals surface area contributed by atoms with Crippen molar-refractivity contribution < 1.29 is 9.90 Å². The van der Waals surface area contributed by atoms with E-state index in [2.05, 4.69) is 33.2 Å². The van der Waals surface area contributed by atoms with Crippen LogP contribution in [0.1, 0.15) is 23.7 Å². The van der Waals surface area contributed by atoms with E-state index in [0.29, 0.717) is 10.2 Å². The SMILES string of the molecule is CCc1c(C)nc(-c2ccc(Cl)s2)nc1Nc1ccc(CC(=O)O)cc1Br. The van der Waals surface area contributed by atoms with Crippen LogP contribution in [0.3, 0.4) is 0 Å². The molecular weight excluding hydrogens is 450 g/mol. The number of anilines is 2. The van der Waals surface area contributed by atoms with Gasteiger partial charge in [0.05, 0.1) is 21.3 Å². The molecule has 3 aromatic rings. The first-order valence-electron chi connectivity index (χ1n) is 8.27. The molecule has 0 saturated carbocycles. The summed E-state index contributed by atoms with van der Waals surface area (Å²) in [5, 5.41) is 12.3.